The predicted molar refractivity (Wildman–Crippen MR) is 126 cm³/mol. The first-order chi connectivity index (χ1) is 15.3. The highest BCUT2D eigenvalue weighted by Crippen LogP contribution is 2.26. The molecule has 0 unspecified atom stereocenters. The van der Waals surface area contributed by atoms with Crippen LogP contribution in [0.4, 0.5) is 5.69 Å². The van der Waals surface area contributed by atoms with Gasteiger partial charge >= 0.3 is 0 Å². The number of aryl methyl sites for hydroxylation is 1. The van der Waals surface area contributed by atoms with E-state index >= 15 is 0 Å². The highest BCUT2D eigenvalue weighted by atomic mass is 32.2. The molecule has 32 heavy (non-hydrogen) atoms. The molecule has 0 aliphatic heterocycles. The highest BCUT2D eigenvalue weighted by Gasteiger charge is 2.21. The molecule has 3 rings (SSSR count). The molecular weight excluding hydrogens is 428 g/mol. The largest absolute Gasteiger partial charge is 0.492 e. The van der Waals surface area contributed by atoms with Crippen molar-refractivity contribution in [2.24, 2.45) is 4.99 Å². The van der Waals surface area contributed by atoms with Crippen LogP contribution in [0, 0.1) is 6.92 Å². The molecule has 170 valence electrons. The minimum absolute atomic E-state index is 0.190. The fraction of sp³-hybridized carbons (Fsp3) is 0.304. The van der Waals surface area contributed by atoms with Crippen molar-refractivity contribution in [1.29, 1.82) is 0 Å². The fourth-order valence-electron chi connectivity index (χ4n) is 3.35. The fourth-order valence-corrected chi connectivity index (χ4v) is 4.81. The van der Waals surface area contributed by atoms with Gasteiger partial charge in [0, 0.05) is 25.0 Å². The number of aromatic amines is 1. The van der Waals surface area contributed by atoms with Gasteiger partial charge < -0.3 is 4.74 Å². The number of aliphatic imine (C=N–C) groups is 1. The molecular formula is C23H28N4O4S. The van der Waals surface area contributed by atoms with Crippen LogP contribution >= 0.6 is 0 Å². The van der Waals surface area contributed by atoms with Crippen molar-refractivity contribution in [1.82, 2.24) is 14.1 Å². The van der Waals surface area contributed by atoms with E-state index in [1.807, 2.05) is 31.2 Å². The van der Waals surface area contributed by atoms with Crippen molar-refractivity contribution < 1.29 is 13.2 Å². The van der Waals surface area contributed by atoms with Gasteiger partial charge in [-0.25, -0.2) is 13.1 Å². The Morgan fingerprint density at radius 1 is 1.06 bits per heavy atom. The van der Waals surface area contributed by atoms with Crippen molar-refractivity contribution in [3.05, 3.63) is 70.1 Å². The highest BCUT2D eigenvalue weighted by molar-refractivity contribution is 7.89. The van der Waals surface area contributed by atoms with E-state index in [-0.39, 0.29) is 10.5 Å². The SMILES string of the molecule is CCOc1ccccc1N=Cc1c(C)[nH]n(-c2ccc(S(=O)(=O)N(CC)CC)cc2)c1=O. The molecule has 8 nitrogen and oxygen atoms in total. The van der Waals surface area contributed by atoms with Crippen molar-refractivity contribution in [2.45, 2.75) is 32.6 Å². The van der Waals surface area contributed by atoms with Crippen LogP contribution in [0.3, 0.4) is 0 Å². The molecule has 0 fully saturated rings. The lowest BCUT2D eigenvalue weighted by Crippen LogP contribution is -2.30. The van der Waals surface area contributed by atoms with Crippen molar-refractivity contribution in [3.63, 3.8) is 0 Å². The standard InChI is InChI=1S/C23H28N4O4S/c1-5-26(6-2)32(29,30)19-14-12-18(13-15-19)27-23(28)20(17(4)25-27)16-24-21-10-8-9-11-22(21)31-7-3/h8-16,25H,5-7H2,1-4H3. The lowest BCUT2D eigenvalue weighted by molar-refractivity contribution is 0.341. The zero-order valence-electron chi connectivity index (χ0n) is 18.7. The number of rotatable bonds is 9. The van der Waals surface area contributed by atoms with Crippen LogP contribution in [0.1, 0.15) is 32.0 Å². The summed E-state index contributed by atoms with van der Waals surface area (Å²) < 4.78 is 33.7. The lowest BCUT2D eigenvalue weighted by atomic mass is 10.2. The number of para-hydroxylation sites is 2. The Morgan fingerprint density at radius 3 is 2.34 bits per heavy atom. The molecule has 2 aromatic carbocycles. The maximum atomic E-state index is 13.0. The third kappa shape index (κ3) is 4.68. The Balaban J connectivity index is 1.92. The molecule has 0 amide bonds. The normalized spacial score (nSPS) is 12.0. The second kappa shape index (κ2) is 9.97. The zero-order chi connectivity index (χ0) is 23.3. The van der Waals surface area contributed by atoms with Gasteiger partial charge in [0.05, 0.1) is 22.8 Å². The summed E-state index contributed by atoms with van der Waals surface area (Å²) in [4.78, 5) is 17.6. The van der Waals surface area contributed by atoms with Crippen LogP contribution in [0.2, 0.25) is 0 Å². The third-order valence-electron chi connectivity index (χ3n) is 5.05. The average molecular weight is 457 g/mol. The Morgan fingerprint density at radius 2 is 1.72 bits per heavy atom. The smallest absolute Gasteiger partial charge is 0.280 e. The number of sulfonamides is 1. The van der Waals surface area contributed by atoms with E-state index in [1.54, 1.807) is 32.9 Å². The number of benzene rings is 2. The van der Waals surface area contributed by atoms with Crippen molar-refractivity contribution in [3.8, 4) is 11.4 Å². The average Bonchev–Trinajstić information content (AvgIpc) is 3.07. The van der Waals surface area contributed by atoms with Crippen molar-refractivity contribution >= 4 is 21.9 Å². The number of hydrogen-bond donors (Lipinski definition) is 1. The zero-order valence-corrected chi connectivity index (χ0v) is 19.5. The summed E-state index contributed by atoms with van der Waals surface area (Å²) in [5.74, 6) is 0.643. The quantitative estimate of drug-likeness (QED) is 0.497. The van der Waals surface area contributed by atoms with Crippen LogP contribution in [-0.4, -0.2) is 48.4 Å². The van der Waals surface area contributed by atoms with Gasteiger partial charge in [-0.15, -0.1) is 0 Å². The molecule has 1 heterocycles. The Labute approximate surface area is 188 Å². The van der Waals surface area contributed by atoms with Gasteiger partial charge in [-0.2, -0.15) is 4.31 Å². The summed E-state index contributed by atoms with van der Waals surface area (Å²) >= 11 is 0. The van der Waals surface area contributed by atoms with Gasteiger partial charge in [-0.1, -0.05) is 26.0 Å². The van der Waals surface area contributed by atoms with Crippen LogP contribution in [-0.2, 0) is 10.0 Å². The van der Waals surface area contributed by atoms with Gasteiger partial charge in [-0.3, -0.25) is 14.9 Å². The van der Waals surface area contributed by atoms with Gasteiger partial charge in [0.15, 0.2) is 0 Å². The van der Waals surface area contributed by atoms with E-state index in [0.29, 0.717) is 48.1 Å². The molecule has 0 bridgehead atoms. The number of aromatic nitrogens is 2. The van der Waals surface area contributed by atoms with E-state index in [9.17, 15) is 13.2 Å². The molecule has 3 aromatic rings. The van der Waals surface area contributed by atoms with Gasteiger partial charge in [0.25, 0.3) is 5.56 Å². The maximum Gasteiger partial charge on any atom is 0.280 e. The molecule has 0 saturated heterocycles. The summed E-state index contributed by atoms with van der Waals surface area (Å²) in [6.45, 7) is 8.58. The molecule has 0 radical (unpaired) electrons. The third-order valence-corrected chi connectivity index (χ3v) is 7.12. The first-order valence-electron chi connectivity index (χ1n) is 10.5. The summed E-state index contributed by atoms with van der Waals surface area (Å²) in [5, 5.41) is 3.03. The minimum Gasteiger partial charge on any atom is -0.492 e. The summed E-state index contributed by atoms with van der Waals surface area (Å²) in [6, 6.07) is 13.6. The van der Waals surface area contributed by atoms with Crippen LogP contribution in [0.25, 0.3) is 5.69 Å². The van der Waals surface area contributed by atoms with Crippen LogP contribution in [0.5, 0.6) is 5.75 Å². The molecule has 0 atom stereocenters. The first-order valence-corrected chi connectivity index (χ1v) is 12.0. The van der Waals surface area contributed by atoms with Crippen molar-refractivity contribution in [2.75, 3.05) is 19.7 Å². The van der Waals surface area contributed by atoms with E-state index in [4.69, 9.17) is 4.74 Å². The molecule has 0 aliphatic carbocycles. The second-order valence-corrected chi connectivity index (χ2v) is 8.97. The van der Waals surface area contributed by atoms with Gasteiger partial charge in [-0.05, 0) is 50.2 Å². The Kier molecular flexibility index (Phi) is 7.32. The summed E-state index contributed by atoms with van der Waals surface area (Å²) in [5.41, 5.74) is 1.95. The number of nitrogens with one attached hydrogen (secondary N) is 1. The number of H-pyrrole nitrogens is 1. The van der Waals surface area contributed by atoms with E-state index in [2.05, 4.69) is 10.1 Å². The number of ether oxygens (including phenoxy) is 1. The van der Waals surface area contributed by atoms with Gasteiger partial charge in [0.2, 0.25) is 10.0 Å². The molecule has 9 heteroatoms. The maximum absolute atomic E-state index is 13.0. The Bertz CT molecular complexity index is 1250. The first kappa shape index (κ1) is 23.5. The van der Waals surface area contributed by atoms with E-state index in [1.165, 1.54) is 27.3 Å². The van der Waals surface area contributed by atoms with Gasteiger partial charge in [0.1, 0.15) is 11.4 Å². The summed E-state index contributed by atoms with van der Waals surface area (Å²) in [7, 11) is -3.56. The number of nitrogens with zero attached hydrogens (tertiary/aromatic N) is 3. The molecule has 1 N–H and O–H groups in total. The molecule has 0 aliphatic rings. The van der Waals surface area contributed by atoms with Crippen LogP contribution < -0.4 is 10.3 Å². The van der Waals surface area contributed by atoms with E-state index in [0.717, 1.165) is 0 Å². The minimum atomic E-state index is -3.56. The lowest BCUT2D eigenvalue weighted by Gasteiger charge is -2.18. The van der Waals surface area contributed by atoms with Crippen LogP contribution in [0.15, 0.2) is 63.2 Å². The Hall–Kier alpha value is -3.17. The number of hydrogen-bond acceptors (Lipinski definition) is 5. The molecule has 0 spiro atoms. The van der Waals surface area contributed by atoms with E-state index < -0.39 is 10.0 Å². The molecule has 0 saturated carbocycles. The topological polar surface area (TPSA) is 96.8 Å². The summed E-state index contributed by atoms with van der Waals surface area (Å²) in [6.07, 6.45) is 1.52. The second-order valence-electron chi connectivity index (χ2n) is 7.03. The molecule has 1 aromatic heterocycles. The monoisotopic (exact) mass is 456 g/mol. The predicted octanol–water partition coefficient (Wildman–Crippen LogP) is 3.65.